The van der Waals surface area contributed by atoms with Gasteiger partial charge in [0.15, 0.2) is 0 Å². The van der Waals surface area contributed by atoms with Crippen LogP contribution < -0.4 is 5.73 Å². The zero-order valence-corrected chi connectivity index (χ0v) is 11.7. The van der Waals surface area contributed by atoms with Gasteiger partial charge in [-0.2, -0.15) is 0 Å². The standard InChI is InChI=1S/C14H19ClN4/c15-12-3-4-14-17-13(10-19(14)8-12)9-18-5-1-2-11(6-16)7-18/h3-4,8,10-11H,1-2,5-7,9,16H2. The highest BCUT2D eigenvalue weighted by atomic mass is 35.5. The maximum absolute atomic E-state index is 5.98. The summed E-state index contributed by atoms with van der Waals surface area (Å²) in [5.74, 6) is 0.639. The van der Waals surface area contributed by atoms with Gasteiger partial charge in [0.1, 0.15) is 5.65 Å². The molecule has 0 amide bonds. The monoisotopic (exact) mass is 278 g/mol. The van der Waals surface area contributed by atoms with Crippen LogP contribution >= 0.6 is 11.6 Å². The number of hydrogen-bond acceptors (Lipinski definition) is 3. The van der Waals surface area contributed by atoms with Crippen LogP contribution in [0.15, 0.2) is 24.5 Å². The summed E-state index contributed by atoms with van der Waals surface area (Å²) in [7, 11) is 0. The van der Waals surface area contributed by atoms with E-state index in [0.29, 0.717) is 5.92 Å². The van der Waals surface area contributed by atoms with Gasteiger partial charge in [-0.3, -0.25) is 4.90 Å². The maximum atomic E-state index is 5.98. The van der Waals surface area contributed by atoms with Gasteiger partial charge in [0.2, 0.25) is 0 Å². The lowest BCUT2D eigenvalue weighted by Gasteiger charge is -2.31. The molecule has 19 heavy (non-hydrogen) atoms. The van der Waals surface area contributed by atoms with Crippen molar-refractivity contribution < 1.29 is 0 Å². The third kappa shape index (κ3) is 2.91. The van der Waals surface area contributed by atoms with Crippen molar-refractivity contribution in [2.45, 2.75) is 19.4 Å². The SMILES string of the molecule is NCC1CCCN(Cc2cn3cc(Cl)ccc3n2)C1. The Bertz CT molecular complexity index is 566. The summed E-state index contributed by atoms with van der Waals surface area (Å²) >= 11 is 5.98. The predicted molar refractivity (Wildman–Crippen MR) is 77.3 cm³/mol. The van der Waals surface area contributed by atoms with E-state index >= 15 is 0 Å². The predicted octanol–water partition coefficient (Wildman–Crippen LogP) is 2.16. The second-order valence-corrected chi connectivity index (χ2v) is 5.76. The molecule has 0 saturated carbocycles. The van der Waals surface area contributed by atoms with Gasteiger partial charge in [-0.15, -0.1) is 0 Å². The Labute approximate surface area is 118 Å². The van der Waals surface area contributed by atoms with Crippen molar-refractivity contribution in [3.05, 3.63) is 35.2 Å². The first-order valence-corrected chi connectivity index (χ1v) is 7.18. The van der Waals surface area contributed by atoms with E-state index in [1.54, 1.807) is 0 Å². The summed E-state index contributed by atoms with van der Waals surface area (Å²) in [6.07, 6.45) is 6.45. The fraction of sp³-hybridized carbons (Fsp3) is 0.500. The molecule has 0 bridgehead atoms. The Morgan fingerprint density at radius 1 is 1.37 bits per heavy atom. The topological polar surface area (TPSA) is 46.6 Å². The van der Waals surface area contributed by atoms with Gasteiger partial charge >= 0.3 is 0 Å². The molecule has 1 aliphatic heterocycles. The smallest absolute Gasteiger partial charge is 0.137 e. The van der Waals surface area contributed by atoms with E-state index in [9.17, 15) is 0 Å². The fourth-order valence-electron chi connectivity index (χ4n) is 2.81. The number of imidazole rings is 1. The van der Waals surface area contributed by atoms with Gasteiger partial charge in [-0.25, -0.2) is 4.98 Å². The van der Waals surface area contributed by atoms with Gasteiger partial charge in [-0.1, -0.05) is 11.6 Å². The Hall–Kier alpha value is -1.10. The number of pyridine rings is 1. The van der Waals surface area contributed by atoms with E-state index in [2.05, 4.69) is 16.1 Å². The molecule has 2 aromatic rings. The van der Waals surface area contributed by atoms with Crippen LogP contribution in [0.4, 0.5) is 0 Å². The van der Waals surface area contributed by atoms with Crippen LogP contribution in [0.25, 0.3) is 5.65 Å². The number of likely N-dealkylation sites (tertiary alicyclic amines) is 1. The minimum Gasteiger partial charge on any atom is -0.330 e. The van der Waals surface area contributed by atoms with Crippen LogP contribution in [0.2, 0.25) is 5.02 Å². The molecule has 5 heteroatoms. The summed E-state index contributed by atoms with van der Waals surface area (Å²) < 4.78 is 1.99. The van der Waals surface area contributed by atoms with E-state index in [4.69, 9.17) is 17.3 Å². The van der Waals surface area contributed by atoms with Crippen LogP contribution in [0.3, 0.4) is 0 Å². The molecular formula is C14H19ClN4. The average molecular weight is 279 g/mol. The fourth-order valence-corrected chi connectivity index (χ4v) is 2.98. The summed E-state index contributed by atoms with van der Waals surface area (Å²) in [6, 6.07) is 3.82. The molecule has 0 spiro atoms. The van der Waals surface area contributed by atoms with Crippen molar-refractivity contribution in [2.24, 2.45) is 11.7 Å². The first-order valence-electron chi connectivity index (χ1n) is 6.80. The molecule has 3 rings (SSSR count). The number of rotatable bonds is 3. The number of piperidine rings is 1. The Kier molecular flexibility index (Phi) is 3.73. The second kappa shape index (κ2) is 5.49. The zero-order chi connectivity index (χ0) is 13.2. The Morgan fingerprint density at radius 2 is 2.26 bits per heavy atom. The summed E-state index contributed by atoms with van der Waals surface area (Å²) in [4.78, 5) is 7.08. The lowest BCUT2D eigenvalue weighted by Crippen LogP contribution is -2.37. The van der Waals surface area contributed by atoms with E-state index in [0.717, 1.165) is 42.5 Å². The van der Waals surface area contributed by atoms with Crippen molar-refractivity contribution in [3.8, 4) is 0 Å². The van der Waals surface area contributed by atoms with E-state index < -0.39 is 0 Å². The van der Waals surface area contributed by atoms with Crippen molar-refractivity contribution in [2.75, 3.05) is 19.6 Å². The van der Waals surface area contributed by atoms with E-state index in [1.807, 2.05) is 22.7 Å². The van der Waals surface area contributed by atoms with Crippen LogP contribution in [0, 0.1) is 5.92 Å². The third-order valence-corrected chi connectivity index (χ3v) is 4.01. The van der Waals surface area contributed by atoms with Crippen molar-refractivity contribution in [3.63, 3.8) is 0 Å². The maximum Gasteiger partial charge on any atom is 0.137 e. The second-order valence-electron chi connectivity index (χ2n) is 5.32. The normalized spacial score (nSPS) is 21.1. The number of nitrogens with zero attached hydrogens (tertiary/aromatic N) is 3. The molecule has 0 radical (unpaired) electrons. The molecule has 1 aliphatic rings. The van der Waals surface area contributed by atoms with Crippen LogP contribution in [-0.2, 0) is 6.54 Å². The van der Waals surface area contributed by atoms with Crippen LogP contribution in [-0.4, -0.2) is 33.9 Å². The van der Waals surface area contributed by atoms with Gasteiger partial charge in [-0.05, 0) is 44.0 Å². The summed E-state index contributed by atoms with van der Waals surface area (Å²) in [5.41, 5.74) is 7.82. The Balaban J connectivity index is 1.74. The van der Waals surface area contributed by atoms with Gasteiger partial charge in [0.25, 0.3) is 0 Å². The molecule has 1 fully saturated rings. The quantitative estimate of drug-likeness (QED) is 0.936. The molecule has 1 atom stereocenters. The van der Waals surface area contributed by atoms with Gasteiger partial charge < -0.3 is 10.1 Å². The number of hydrogen-bond donors (Lipinski definition) is 1. The van der Waals surface area contributed by atoms with Crippen LogP contribution in [0.1, 0.15) is 18.5 Å². The van der Waals surface area contributed by atoms with E-state index in [1.165, 1.54) is 12.8 Å². The van der Waals surface area contributed by atoms with E-state index in [-0.39, 0.29) is 0 Å². The molecule has 0 aliphatic carbocycles. The highest BCUT2D eigenvalue weighted by Gasteiger charge is 2.19. The summed E-state index contributed by atoms with van der Waals surface area (Å²) in [5, 5.41) is 0.734. The zero-order valence-electron chi connectivity index (χ0n) is 10.9. The molecule has 1 unspecified atom stereocenters. The lowest BCUT2D eigenvalue weighted by atomic mass is 9.98. The molecule has 1 saturated heterocycles. The molecule has 102 valence electrons. The minimum atomic E-state index is 0.639. The molecule has 0 aromatic carbocycles. The largest absolute Gasteiger partial charge is 0.330 e. The lowest BCUT2D eigenvalue weighted by molar-refractivity contribution is 0.169. The number of aromatic nitrogens is 2. The van der Waals surface area contributed by atoms with Crippen LogP contribution in [0.5, 0.6) is 0 Å². The molecule has 4 nitrogen and oxygen atoms in total. The minimum absolute atomic E-state index is 0.639. The Morgan fingerprint density at radius 3 is 3.11 bits per heavy atom. The van der Waals surface area contributed by atoms with Crippen molar-refractivity contribution in [1.82, 2.24) is 14.3 Å². The average Bonchev–Trinajstić information content (AvgIpc) is 2.80. The molecule has 2 aromatic heterocycles. The molecular weight excluding hydrogens is 260 g/mol. The van der Waals surface area contributed by atoms with Gasteiger partial charge in [0.05, 0.1) is 10.7 Å². The number of fused-ring (bicyclic) bond motifs is 1. The first kappa shape index (κ1) is 12.9. The summed E-state index contributed by atoms with van der Waals surface area (Å²) in [6.45, 7) is 3.92. The third-order valence-electron chi connectivity index (χ3n) is 3.79. The van der Waals surface area contributed by atoms with Crippen molar-refractivity contribution in [1.29, 1.82) is 0 Å². The van der Waals surface area contributed by atoms with Gasteiger partial charge in [0, 0.05) is 25.5 Å². The number of nitrogens with two attached hydrogens (primary N) is 1. The molecule has 3 heterocycles. The number of halogens is 1. The highest BCUT2D eigenvalue weighted by Crippen LogP contribution is 2.18. The molecule has 2 N–H and O–H groups in total. The highest BCUT2D eigenvalue weighted by molar-refractivity contribution is 6.30. The van der Waals surface area contributed by atoms with Crippen molar-refractivity contribution >= 4 is 17.2 Å². The first-order chi connectivity index (χ1) is 9.24.